The number of nitrogens with zero attached hydrogens (tertiary/aromatic N) is 2. The Kier molecular flexibility index (Phi) is 5.05. The second-order valence-corrected chi connectivity index (χ2v) is 7.37. The molecule has 2 unspecified atom stereocenters. The van der Waals surface area contributed by atoms with Crippen LogP contribution in [0.15, 0.2) is 60.7 Å². The largest absolute Gasteiger partial charge is 0.445 e. The van der Waals surface area contributed by atoms with E-state index < -0.39 is 11.6 Å². The van der Waals surface area contributed by atoms with Gasteiger partial charge in [-0.25, -0.2) is 4.79 Å². The van der Waals surface area contributed by atoms with Crippen molar-refractivity contribution in [1.29, 1.82) is 0 Å². The molecule has 146 valence electrons. The first-order chi connectivity index (χ1) is 13.6. The van der Waals surface area contributed by atoms with Crippen molar-refractivity contribution in [2.45, 2.75) is 31.7 Å². The zero-order valence-corrected chi connectivity index (χ0v) is 15.9. The molecule has 2 aromatic carbocycles. The van der Waals surface area contributed by atoms with Gasteiger partial charge in [-0.3, -0.25) is 9.69 Å². The van der Waals surface area contributed by atoms with Gasteiger partial charge in [-0.2, -0.15) is 0 Å². The van der Waals surface area contributed by atoms with Gasteiger partial charge in [-0.15, -0.1) is 0 Å². The van der Waals surface area contributed by atoms with Gasteiger partial charge in [0.1, 0.15) is 18.2 Å². The van der Waals surface area contributed by atoms with Crippen molar-refractivity contribution in [3.05, 3.63) is 71.8 Å². The third-order valence-electron chi connectivity index (χ3n) is 5.57. The molecule has 0 N–H and O–H groups in total. The van der Waals surface area contributed by atoms with E-state index in [0.717, 1.165) is 11.1 Å². The van der Waals surface area contributed by atoms with Crippen molar-refractivity contribution in [2.24, 2.45) is 0 Å². The highest BCUT2D eigenvalue weighted by atomic mass is 16.6. The summed E-state index contributed by atoms with van der Waals surface area (Å²) in [6.07, 6.45) is -0.837. The first-order valence-electron chi connectivity index (χ1n) is 9.52. The minimum Gasteiger partial charge on any atom is -0.445 e. The number of likely N-dealkylation sites (tertiary alicyclic amines) is 1. The number of carbonyl (C=O) groups is 2. The van der Waals surface area contributed by atoms with Crippen LogP contribution in [0.2, 0.25) is 0 Å². The summed E-state index contributed by atoms with van der Waals surface area (Å²) in [7, 11) is 0. The molecule has 2 aliphatic rings. The molecule has 0 spiro atoms. The SMILES string of the molecule is CC12C(=O)N(Cc3ccccc3)CC1OCCN2C(=O)OCc1ccccc1. The summed E-state index contributed by atoms with van der Waals surface area (Å²) in [6, 6.07) is 19.4. The maximum atomic E-state index is 13.3. The molecular formula is C22H24N2O4. The first kappa shape index (κ1) is 18.5. The van der Waals surface area contributed by atoms with Crippen molar-refractivity contribution >= 4 is 12.0 Å². The van der Waals surface area contributed by atoms with E-state index in [9.17, 15) is 9.59 Å². The number of rotatable bonds is 4. The molecule has 2 saturated heterocycles. The Morgan fingerprint density at radius 3 is 2.43 bits per heavy atom. The fourth-order valence-electron chi connectivity index (χ4n) is 3.96. The number of ether oxygens (including phenoxy) is 2. The molecule has 6 heteroatoms. The monoisotopic (exact) mass is 380 g/mol. The van der Waals surface area contributed by atoms with Crippen LogP contribution in [0.4, 0.5) is 4.79 Å². The van der Waals surface area contributed by atoms with Crippen molar-refractivity contribution in [3.8, 4) is 0 Å². The highest BCUT2D eigenvalue weighted by Gasteiger charge is 2.58. The van der Waals surface area contributed by atoms with Crippen LogP contribution < -0.4 is 0 Å². The Morgan fingerprint density at radius 1 is 1.11 bits per heavy atom. The zero-order chi connectivity index (χ0) is 19.6. The lowest BCUT2D eigenvalue weighted by atomic mass is 9.93. The van der Waals surface area contributed by atoms with Gasteiger partial charge in [0.25, 0.3) is 5.91 Å². The van der Waals surface area contributed by atoms with Crippen LogP contribution in [0.5, 0.6) is 0 Å². The van der Waals surface area contributed by atoms with Crippen molar-refractivity contribution in [3.63, 3.8) is 0 Å². The molecule has 2 aromatic rings. The third-order valence-corrected chi connectivity index (χ3v) is 5.57. The Morgan fingerprint density at radius 2 is 1.75 bits per heavy atom. The lowest BCUT2D eigenvalue weighted by Crippen LogP contribution is -2.64. The van der Waals surface area contributed by atoms with Crippen LogP contribution in [0.25, 0.3) is 0 Å². The highest BCUT2D eigenvalue weighted by Crippen LogP contribution is 2.35. The van der Waals surface area contributed by atoms with Gasteiger partial charge in [0.15, 0.2) is 0 Å². The normalized spacial score (nSPS) is 24.2. The van der Waals surface area contributed by atoms with E-state index >= 15 is 0 Å². The number of carbonyl (C=O) groups excluding carboxylic acids is 2. The fourth-order valence-corrected chi connectivity index (χ4v) is 3.96. The van der Waals surface area contributed by atoms with E-state index in [2.05, 4.69) is 0 Å². The average molecular weight is 380 g/mol. The highest BCUT2D eigenvalue weighted by molar-refractivity contribution is 5.92. The van der Waals surface area contributed by atoms with Gasteiger partial charge in [0.05, 0.1) is 13.2 Å². The Labute approximate surface area is 164 Å². The van der Waals surface area contributed by atoms with Crippen molar-refractivity contribution in [2.75, 3.05) is 19.7 Å². The number of morpholine rings is 1. The molecule has 0 bridgehead atoms. The molecular weight excluding hydrogens is 356 g/mol. The maximum absolute atomic E-state index is 13.3. The molecule has 0 saturated carbocycles. The molecule has 2 aliphatic heterocycles. The lowest BCUT2D eigenvalue weighted by Gasteiger charge is -2.42. The zero-order valence-electron chi connectivity index (χ0n) is 15.9. The summed E-state index contributed by atoms with van der Waals surface area (Å²) in [5, 5.41) is 0. The second-order valence-electron chi connectivity index (χ2n) is 7.37. The summed E-state index contributed by atoms with van der Waals surface area (Å²) in [5.41, 5.74) is 0.923. The Bertz CT molecular complexity index is 842. The van der Waals surface area contributed by atoms with Crippen molar-refractivity contribution in [1.82, 2.24) is 9.80 Å². The number of benzene rings is 2. The van der Waals surface area contributed by atoms with E-state index in [1.807, 2.05) is 60.7 Å². The molecule has 6 nitrogen and oxygen atoms in total. The van der Waals surface area contributed by atoms with E-state index in [1.54, 1.807) is 11.8 Å². The number of amides is 2. The minimum absolute atomic E-state index is 0.0993. The van der Waals surface area contributed by atoms with Crippen LogP contribution in [-0.2, 0) is 27.4 Å². The van der Waals surface area contributed by atoms with E-state index in [4.69, 9.17) is 9.47 Å². The smallest absolute Gasteiger partial charge is 0.411 e. The summed E-state index contributed by atoms with van der Waals surface area (Å²) in [6.45, 7) is 3.67. The van der Waals surface area contributed by atoms with Gasteiger partial charge >= 0.3 is 6.09 Å². The van der Waals surface area contributed by atoms with Crippen LogP contribution in [0, 0.1) is 0 Å². The number of hydrogen-bond acceptors (Lipinski definition) is 4. The number of hydrogen-bond donors (Lipinski definition) is 0. The number of fused-ring (bicyclic) bond motifs is 1. The van der Waals surface area contributed by atoms with Crippen molar-refractivity contribution < 1.29 is 19.1 Å². The van der Waals surface area contributed by atoms with Gasteiger partial charge < -0.3 is 14.4 Å². The van der Waals surface area contributed by atoms with Gasteiger partial charge in [0, 0.05) is 13.1 Å². The summed E-state index contributed by atoms with van der Waals surface area (Å²) in [5.74, 6) is -0.0993. The standard InChI is InChI=1S/C22H24N2O4/c1-22-19(15-23(20(22)25)14-17-8-4-2-5-9-17)27-13-12-24(22)21(26)28-16-18-10-6-3-7-11-18/h2-11,19H,12-16H2,1H3. The predicted molar refractivity (Wildman–Crippen MR) is 103 cm³/mol. The summed E-state index contributed by atoms with van der Waals surface area (Å²) < 4.78 is 11.4. The fraction of sp³-hybridized carbons (Fsp3) is 0.364. The van der Waals surface area contributed by atoms with Gasteiger partial charge in [-0.1, -0.05) is 60.7 Å². The topological polar surface area (TPSA) is 59.1 Å². The summed E-state index contributed by atoms with van der Waals surface area (Å²) in [4.78, 5) is 29.4. The van der Waals surface area contributed by atoms with Crippen LogP contribution in [-0.4, -0.2) is 53.1 Å². The minimum atomic E-state index is -1.04. The Hall–Kier alpha value is -2.86. The predicted octanol–water partition coefficient (Wildman–Crippen LogP) is 2.83. The van der Waals surface area contributed by atoms with Gasteiger partial charge in [0.2, 0.25) is 0 Å². The molecule has 0 aliphatic carbocycles. The van der Waals surface area contributed by atoms with E-state index in [0.29, 0.717) is 26.2 Å². The molecule has 0 radical (unpaired) electrons. The second kappa shape index (κ2) is 7.64. The summed E-state index contributed by atoms with van der Waals surface area (Å²) >= 11 is 0. The molecule has 2 fully saturated rings. The molecule has 2 atom stereocenters. The van der Waals surface area contributed by atoms with Crippen LogP contribution in [0.3, 0.4) is 0 Å². The first-order valence-corrected chi connectivity index (χ1v) is 9.52. The molecule has 0 aromatic heterocycles. The van der Waals surface area contributed by atoms with Crippen LogP contribution in [0.1, 0.15) is 18.1 Å². The maximum Gasteiger partial charge on any atom is 0.411 e. The quantitative estimate of drug-likeness (QED) is 0.818. The van der Waals surface area contributed by atoms with E-state index in [-0.39, 0.29) is 18.6 Å². The van der Waals surface area contributed by atoms with Gasteiger partial charge in [-0.05, 0) is 18.1 Å². The molecule has 2 heterocycles. The molecule has 28 heavy (non-hydrogen) atoms. The molecule has 2 amide bonds. The lowest BCUT2D eigenvalue weighted by molar-refractivity contribution is -0.146. The average Bonchev–Trinajstić information content (AvgIpc) is 2.98. The Balaban J connectivity index is 1.48. The molecule has 4 rings (SSSR count). The van der Waals surface area contributed by atoms with E-state index in [1.165, 1.54) is 4.90 Å². The van der Waals surface area contributed by atoms with Crippen LogP contribution >= 0.6 is 0 Å². The third kappa shape index (κ3) is 3.36.